The van der Waals surface area contributed by atoms with Gasteiger partial charge >= 0.3 is 7.60 Å². The molecule has 0 aromatic carbocycles. The zero-order valence-electron chi connectivity index (χ0n) is 18.7. The number of likely N-dealkylation sites (N-methyl/N-ethyl adjacent to an activating group) is 1. The van der Waals surface area contributed by atoms with E-state index in [0.29, 0.717) is 64.6 Å². The van der Waals surface area contributed by atoms with Crippen molar-refractivity contribution in [3.8, 4) is 6.07 Å². The van der Waals surface area contributed by atoms with E-state index in [1.807, 2.05) is 11.8 Å². The molecule has 0 aliphatic heterocycles. The monoisotopic (exact) mass is 455 g/mol. The van der Waals surface area contributed by atoms with Gasteiger partial charge in [0.25, 0.3) is 5.56 Å². The number of hydrogen-bond acceptors (Lipinski definition) is 10. The highest BCUT2D eigenvalue weighted by atomic mass is 31.2. The summed E-state index contributed by atoms with van der Waals surface area (Å²) in [6.45, 7) is 12.4. The molecule has 0 unspecified atom stereocenters. The molecule has 0 radical (unpaired) electrons. The normalized spacial score (nSPS) is 11.5. The average Bonchev–Trinajstić information content (AvgIpc) is 2.72. The third-order valence-corrected chi connectivity index (χ3v) is 6.58. The molecule has 0 saturated heterocycles. The van der Waals surface area contributed by atoms with Crippen LogP contribution in [0.4, 0.5) is 17.5 Å². The maximum absolute atomic E-state index is 12.8. The van der Waals surface area contributed by atoms with E-state index >= 15 is 0 Å². The first-order valence-corrected chi connectivity index (χ1v) is 12.2. The van der Waals surface area contributed by atoms with Gasteiger partial charge in [0.2, 0.25) is 5.95 Å². The third kappa shape index (κ3) is 8.79. The fourth-order valence-corrected chi connectivity index (χ4v) is 4.70. The number of nitrogen functional groups attached to an aromatic ring is 1. The van der Waals surface area contributed by atoms with Crippen molar-refractivity contribution in [2.45, 2.75) is 33.6 Å². The van der Waals surface area contributed by atoms with Crippen molar-refractivity contribution in [2.24, 2.45) is 4.99 Å². The lowest BCUT2D eigenvalue weighted by atomic mass is 10.3. The topological polar surface area (TPSA) is 150 Å². The highest BCUT2D eigenvalue weighted by Crippen LogP contribution is 2.47. The second-order valence-electron chi connectivity index (χ2n) is 6.63. The van der Waals surface area contributed by atoms with E-state index in [2.05, 4.69) is 32.6 Å². The number of anilines is 2. The molecule has 0 amide bonds. The summed E-state index contributed by atoms with van der Waals surface area (Å²) in [6.07, 6.45) is 1.37. The number of rotatable bonds is 16. The molecule has 174 valence electrons. The van der Waals surface area contributed by atoms with Gasteiger partial charge in [-0.05, 0) is 40.5 Å². The lowest BCUT2D eigenvalue weighted by Crippen LogP contribution is -2.38. The van der Waals surface area contributed by atoms with Gasteiger partial charge in [0.15, 0.2) is 11.5 Å². The Kier molecular flexibility index (Phi) is 12.0. The molecule has 31 heavy (non-hydrogen) atoms. The van der Waals surface area contributed by atoms with Crippen LogP contribution in [0.5, 0.6) is 0 Å². The first-order valence-electron chi connectivity index (χ1n) is 10.4. The fourth-order valence-electron chi connectivity index (χ4n) is 3.05. The Morgan fingerprint density at radius 3 is 2.45 bits per heavy atom. The highest BCUT2D eigenvalue weighted by Gasteiger charge is 2.25. The molecule has 3 N–H and O–H groups in total. The summed E-state index contributed by atoms with van der Waals surface area (Å²) in [6, 6.07) is 2.14. The largest absolute Gasteiger partial charge is 0.369 e. The number of hydrogen-bond donors (Lipinski definition) is 2. The molecule has 0 spiro atoms. The van der Waals surface area contributed by atoms with Crippen LogP contribution in [-0.2, 0) is 13.6 Å². The molecule has 0 saturated carbocycles. The predicted octanol–water partition coefficient (Wildman–Crippen LogP) is 2.38. The average molecular weight is 456 g/mol. The van der Waals surface area contributed by atoms with E-state index in [-0.39, 0.29) is 17.8 Å². The molecule has 0 aliphatic rings. The van der Waals surface area contributed by atoms with Crippen LogP contribution in [0.1, 0.15) is 33.6 Å². The quantitative estimate of drug-likeness (QED) is 0.217. The Bertz CT molecular complexity index is 830. The van der Waals surface area contributed by atoms with Gasteiger partial charge in [-0.2, -0.15) is 10.2 Å². The first-order chi connectivity index (χ1) is 14.8. The van der Waals surface area contributed by atoms with Crippen LogP contribution in [-0.4, -0.2) is 73.7 Å². The van der Waals surface area contributed by atoms with Gasteiger partial charge in [0.05, 0.1) is 25.4 Å². The number of aliphatic imine (C=N–C) groups is 1. The Balaban J connectivity index is 2.94. The number of nitrogens with one attached hydrogen (secondary N) is 1. The maximum atomic E-state index is 12.8. The van der Waals surface area contributed by atoms with Gasteiger partial charge in [-0.25, -0.2) is 0 Å². The second-order valence-corrected chi connectivity index (χ2v) is 8.82. The van der Waals surface area contributed by atoms with Gasteiger partial charge in [-0.3, -0.25) is 19.3 Å². The van der Waals surface area contributed by atoms with E-state index in [1.165, 1.54) is 0 Å². The predicted molar refractivity (Wildman–Crippen MR) is 123 cm³/mol. The summed E-state index contributed by atoms with van der Waals surface area (Å²) < 4.78 is 23.6. The SMILES string of the molecule is C=Nc1c(N(CC)CCN(CCCC#N)CCP(=O)(OCC)OCC)nc(N)[nH]c1=O. The molecule has 1 rings (SSSR count). The lowest BCUT2D eigenvalue weighted by molar-refractivity contribution is 0.212. The summed E-state index contributed by atoms with van der Waals surface area (Å²) in [5.41, 5.74) is 5.38. The molecule has 0 aliphatic carbocycles. The minimum atomic E-state index is -3.17. The Hall–Kier alpha value is -2.25. The Morgan fingerprint density at radius 2 is 1.90 bits per heavy atom. The van der Waals surface area contributed by atoms with Crippen LogP contribution in [0.25, 0.3) is 0 Å². The van der Waals surface area contributed by atoms with Gasteiger partial charge in [0.1, 0.15) is 0 Å². The molecule has 0 fully saturated rings. The van der Waals surface area contributed by atoms with Crippen molar-refractivity contribution in [3.05, 3.63) is 10.4 Å². The molecule has 12 heteroatoms. The molecule has 1 aromatic rings. The minimum absolute atomic E-state index is 0.00564. The summed E-state index contributed by atoms with van der Waals surface area (Å²) in [5, 5.41) is 8.86. The van der Waals surface area contributed by atoms with E-state index < -0.39 is 13.2 Å². The van der Waals surface area contributed by atoms with Crippen molar-refractivity contribution >= 4 is 31.8 Å². The molecule has 0 bridgehead atoms. The van der Waals surface area contributed by atoms with Gasteiger partial charge in [0, 0.05) is 32.6 Å². The van der Waals surface area contributed by atoms with Crippen molar-refractivity contribution < 1.29 is 13.6 Å². The van der Waals surface area contributed by atoms with Gasteiger partial charge < -0.3 is 24.6 Å². The number of nitriles is 1. The van der Waals surface area contributed by atoms with E-state index in [1.54, 1.807) is 13.8 Å². The van der Waals surface area contributed by atoms with Gasteiger partial charge in [-0.1, -0.05) is 0 Å². The summed E-state index contributed by atoms with van der Waals surface area (Å²) >= 11 is 0. The Morgan fingerprint density at radius 1 is 1.23 bits per heavy atom. The smallest absolute Gasteiger partial charge is 0.331 e. The van der Waals surface area contributed by atoms with Crippen LogP contribution in [0.15, 0.2) is 9.79 Å². The molecular weight excluding hydrogens is 421 g/mol. The second kappa shape index (κ2) is 13.9. The van der Waals surface area contributed by atoms with Crippen molar-refractivity contribution in [1.82, 2.24) is 14.9 Å². The molecule has 0 atom stereocenters. The van der Waals surface area contributed by atoms with Crippen molar-refractivity contribution in [3.63, 3.8) is 0 Å². The summed E-state index contributed by atoms with van der Waals surface area (Å²) in [4.78, 5) is 26.6. The van der Waals surface area contributed by atoms with E-state index in [0.717, 1.165) is 0 Å². The molecular formula is C19H34N7O4P. The lowest BCUT2D eigenvalue weighted by Gasteiger charge is -2.29. The van der Waals surface area contributed by atoms with Crippen LogP contribution >= 0.6 is 7.60 Å². The van der Waals surface area contributed by atoms with Crippen molar-refractivity contribution in [1.29, 1.82) is 5.26 Å². The zero-order valence-corrected chi connectivity index (χ0v) is 19.6. The standard InChI is InChI=1S/C19H34N7O4P/c1-5-26(17-16(22-4)18(27)24-19(21)23-17)13-12-25(11-9-8-10-20)14-15-31(28,29-6-2)30-7-3/h4-9,11-15H2,1-3H3,(H3,21,23,24,27). The van der Waals surface area contributed by atoms with Crippen LogP contribution in [0.3, 0.4) is 0 Å². The van der Waals surface area contributed by atoms with Crippen LogP contribution in [0, 0.1) is 11.3 Å². The fraction of sp³-hybridized carbons (Fsp3) is 0.684. The number of nitrogens with two attached hydrogens (primary N) is 1. The number of unbranched alkanes of at least 4 members (excludes halogenated alkanes) is 1. The van der Waals surface area contributed by atoms with Crippen molar-refractivity contribution in [2.75, 3.05) is 62.7 Å². The van der Waals surface area contributed by atoms with Gasteiger partial charge in [-0.15, -0.1) is 0 Å². The van der Waals surface area contributed by atoms with E-state index in [4.69, 9.17) is 20.0 Å². The highest BCUT2D eigenvalue weighted by molar-refractivity contribution is 7.53. The number of H-pyrrole nitrogens is 1. The third-order valence-electron chi connectivity index (χ3n) is 4.52. The number of aromatic amines is 1. The first kappa shape index (κ1) is 26.8. The summed E-state index contributed by atoms with van der Waals surface area (Å²) in [7, 11) is -3.17. The maximum Gasteiger partial charge on any atom is 0.331 e. The van der Waals surface area contributed by atoms with Crippen LogP contribution < -0.4 is 16.2 Å². The summed E-state index contributed by atoms with van der Waals surface area (Å²) in [5.74, 6) is 0.371. The number of nitrogens with zero attached hydrogens (tertiary/aromatic N) is 5. The number of aromatic nitrogens is 2. The minimum Gasteiger partial charge on any atom is -0.369 e. The Labute approximate surface area is 183 Å². The molecule has 1 aromatic heterocycles. The van der Waals surface area contributed by atoms with E-state index in [9.17, 15) is 9.36 Å². The molecule has 1 heterocycles. The van der Waals surface area contributed by atoms with Crippen LogP contribution in [0.2, 0.25) is 0 Å². The molecule has 11 nitrogen and oxygen atoms in total. The zero-order chi connectivity index (χ0) is 23.3.